The predicted molar refractivity (Wildman–Crippen MR) is 62.1 cm³/mol. The summed E-state index contributed by atoms with van der Waals surface area (Å²) in [6, 6.07) is 0. The fraction of sp³-hybridized carbons (Fsp3) is 0.727. The van der Waals surface area contributed by atoms with Crippen molar-refractivity contribution in [1.29, 1.82) is 0 Å². The molecule has 1 heterocycles. The fourth-order valence-electron chi connectivity index (χ4n) is 1.57. The molecule has 0 bridgehead atoms. The molecule has 0 aromatic rings. The van der Waals surface area contributed by atoms with E-state index >= 15 is 0 Å². The van der Waals surface area contributed by atoms with Gasteiger partial charge in [0.1, 0.15) is 37.1 Å². The molecule has 116 valence electrons. The van der Waals surface area contributed by atoms with Crippen molar-refractivity contribution in [1.82, 2.24) is 0 Å². The molecule has 1 fully saturated rings. The van der Waals surface area contributed by atoms with Gasteiger partial charge >= 0.3 is 5.97 Å². The quantitative estimate of drug-likeness (QED) is 0.221. The molecular weight excluding hydrogens is 276 g/mol. The van der Waals surface area contributed by atoms with Gasteiger partial charge in [0, 0.05) is 0 Å². The highest BCUT2D eigenvalue weighted by molar-refractivity contribution is 5.88. The van der Waals surface area contributed by atoms with Gasteiger partial charge in [0.2, 0.25) is 0 Å². The van der Waals surface area contributed by atoms with Gasteiger partial charge in [0.05, 0.1) is 12.2 Å². The Kier molecular flexibility index (Phi) is 6.02. The van der Waals surface area contributed by atoms with Gasteiger partial charge in [-0.15, -0.1) is 0 Å². The zero-order chi connectivity index (χ0) is 15.4. The number of rotatable bonds is 5. The highest BCUT2D eigenvalue weighted by atomic mass is 16.6. The summed E-state index contributed by atoms with van der Waals surface area (Å²) in [5.41, 5.74) is -0.390. The minimum atomic E-state index is -1.73. The Balaban J connectivity index is 2.53. The Morgan fingerprint density at radius 1 is 1.20 bits per heavy atom. The first-order valence-electron chi connectivity index (χ1n) is 5.82. The van der Waals surface area contributed by atoms with Gasteiger partial charge in [-0.1, -0.05) is 6.58 Å². The number of esters is 1. The lowest BCUT2D eigenvalue weighted by Gasteiger charge is -2.37. The average Bonchev–Trinajstić information content (AvgIpc) is 2.45. The van der Waals surface area contributed by atoms with Crippen molar-refractivity contribution in [2.45, 2.75) is 36.8 Å². The van der Waals surface area contributed by atoms with Crippen LogP contribution in [0.25, 0.3) is 0 Å². The van der Waals surface area contributed by atoms with Gasteiger partial charge in [-0.25, -0.2) is 4.79 Å². The summed E-state index contributed by atoms with van der Waals surface area (Å²) in [6.07, 6.45) is -9.37. The number of carbonyl (C=O) groups is 1. The SMILES string of the molecule is C=C(C(=O)OC[C@H]1O[C@H](O)[C@H](O)[C@@H](O)[C@@H]1O)[C@H](O)CO. The maximum absolute atomic E-state index is 11.4. The molecule has 0 radical (unpaired) electrons. The van der Waals surface area contributed by atoms with Gasteiger partial charge in [0.15, 0.2) is 6.29 Å². The largest absolute Gasteiger partial charge is 0.459 e. The summed E-state index contributed by atoms with van der Waals surface area (Å²) in [7, 11) is 0. The number of ether oxygens (including phenoxy) is 2. The summed E-state index contributed by atoms with van der Waals surface area (Å²) in [4.78, 5) is 11.4. The zero-order valence-corrected chi connectivity index (χ0v) is 10.5. The van der Waals surface area contributed by atoms with Gasteiger partial charge < -0.3 is 40.1 Å². The molecule has 0 spiro atoms. The zero-order valence-electron chi connectivity index (χ0n) is 10.5. The first-order chi connectivity index (χ1) is 9.29. The standard InChI is InChI=1S/C11H18O9/c1-4(5(13)2-12)10(17)19-3-6-7(14)8(15)9(16)11(18)20-6/h5-9,11-16,18H,1-3H2/t5-,6-,7-,8+,9-,11+/m1/s1. The van der Waals surface area contributed by atoms with Crippen LogP contribution in [0.4, 0.5) is 0 Å². The van der Waals surface area contributed by atoms with Crippen molar-refractivity contribution in [3.63, 3.8) is 0 Å². The summed E-state index contributed by atoms with van der Waals surface area (Å²) in [5.74, 6) is -1.03. The Morgan fingerprint density at radius 3 is 2.35 bits per heavy atom. The van der Waals surface area contributed by atoms with E-state index in [-0.39, 0.29) is 5.57 Å². The lowest BCUT2D eigenvalue weighted by atomic mass is 9.99. The monoisotopic (exact) mass is 294 g/mol. The van der Waals surface area contributed by atoms with Crippen LogP contribution < -0.4 is 0 Å². The molecule has 9 nitrogen and oxygen atoms in total. The third-order valence-corrected chi connectivity index (χ3v) is 2.90. The number of carbonyl (C=O) groups excluding carboxylic acids is 1. The molecule has 6 N–H and O–H groups in total. The van der Waals surface area contributed by atoms with E-state index in [0.717, 1.165) is 0 Å². The molecule has 0 amide bonds. The van der Waals surface area contributed by atoms with Crippen LogP contribution in [0.3, 0.4) is 0 Å². The Hall–Kier alpha value is -1.07. The van der Waals surface area contributed by atoms with Crippen LogP contribution in [0.1, 0.15) is 0 Å². The summed E-state index contributed by atoms with van der Waals surface area (Å²) >= 11 is 0. The third kappa shape index (κ3) is 3.73. The van der Waals surface area contributed by atoms with E-state index in [1.165, 1.54) is 0 Å². The highest BCUT2D eigenvalue weighted by Crippen LogP contribution is 2.20. The minimum absolute atomic E-state index is 0.390. The van der Waals surface area contributed by atoms with E-state index in [4.69, 9.17) is 14.9 Å². The summed E-state index contributed by atoms with van der Waals surface area (Å²) in [5, 5.41) is 55.3. The van der Waals surface area contributed by atoms with Crippen LogP contribution in [0, 0.1) is 0 Å². The lowest BCUT2D eigenvalue weighted by Crippen LogP contribution is -2.58. The molecule has 1 aliphatic rings. The molecule has 1 aliphatic heterocycles. The highest BCUT2D eigenvalue weighted by Gasteiger charge is 2.43. The van der Waals surface area contributed by atoms with Crippen LogP contribution in [-0.2, 0) is 14.3 Å². The molecule has 0 saturated carbocycles. The molecule has 0 unspecified atom stereocenters. The van der Waals surface area contributed by atoms with Crippen molar-refractivity contribution in [3.8, 4) is 0 Å². The maximum Gasteiger partial charge on any atom is 0.336 e. The smallest absolute Gasteiger partial charge is 0.336 e. The fourth-order valence-corrected chi connectivity index (χ4v) is 1.57. The molecule has 20 heavy (non-hydrogen) atoms. The molecule has 0 aromatic heterocycles. The van der Waals surface area contributed by atoms with E-state index in [2.05, 4.69) is 11.3 Å². The van der Waals surface area contributed by atoms with E-state index < -0.39 is 56.0 Å². The molecular formula is C11H18O9. The van der Waals surface area contributed by atoms with E-state index in [9.17, 15) is 25.2 Å². The molecule has 6 atom stereocenters. The van der Waals surface area contributed by atoms with Crippen molar-refractivity contribution < 1.29 is 44.9 Å². The third-order valence-electron chi connectivity index (χ3n) is 2.90. The van der Waals surface area contributed by atoms with Gasteiger partial charge in [-0.3, -0.25) is 0 Å². The van der Waals surface area contributed by atoms with Crippen molar-refractivity contribution >= 4 is 5.97 Å². The van der Waals surface area contributed by atoms with Crippen LogP contribution >= 0.6 is 0 Å². The second-order valence-electron chi connectivity index (χ2n) is 4.36. The summed E-state index contributed by atoms with van der Waals surface area (Å²) < 4.78 is 9.45. The number of hydrogen-bond acceptors (Lipinski definition) is 9. The minimum Gasteiger partial charge on any atom is -0.459 e. The molecule has 0 aromatic carbocycles. The van der Waals surface area contributed by atoms with Crippen molar-refractivity contribution in [2.75, 3.05) is 13.2 Å². The normalized spacial score (nSPS) is 35.4. The van der Waals surface area contributed by atoms with Crippen molar-refractivity contribution in [2.24, 2.45) is 0 Å². The molecule has 9 heteroatoms. The van der Waals surface area contributed by atoms with Gasteiger partial charge in [-0.05, 0) is 0 Å². The molecule has 0 aliphatic carbocycles. The lowest BCUT2D eigenvalue weighted by molar-refractivity contribution is -0.287. The van der Waals surface area contributed by atoms with Crippen LogP contribution in [0.15, 0.2) is 12.2 Å². The first-order valence-corrected chi connectivity index (χ1v) is 5.82. The van der Waals surface area contributed by atoms with Crippen LogP contribution in [0.5, 0.6) is 0 Å². The molecule has 1 saturated heterocycles. The number of aliphatic hydroxyl groups is 6. The van der Waals surface area contributed by atoms with E-state index in [1.807, 2.05) is 0 Å². The maximum atomic E-state index is 11.4. The van der Waals surface area contributed by atoms with E-state index in [0.29, 0.717) is 0 Å². The van der Waals surface area contributed by atoms with E-state index in [1.54, 1.807) is 0 Å². The average molecular weight is 294 g/mol. The Bertz CT molecular complexity index is 358. The van der Waals surface area contributed by atoms with Gasteiger partial charge in [0.25, 0.3) is 0 Å². The topological polar surface area (TPSA) is 157 Å². The Labute approximate surface area is 114 Å². The number of hydrogen-bond donors (Lipinski definition) is 6. The predicted octanol–water partition coefficient (Wildman–Crippen LogP) is -3.76. The first kappa shape index (κ1) is 17.0. The van der Waals surface area contributed by atoms with Crippen LogP contribution in [-0.4, -0.2) is 86.6 Å². The summed E-state index contributed by atoms with van der Waals surface area (Å²) in [6.45, 7) is 1.97. The Morgan fingerprint density at radius 2 is 1.80 bits per heavy atom. The second kappa shape index (κ2) is 7.09. The van der Waals surface area contributed by atoms with Gasteiger partial charge in [-0.2, -0.15) is 0 Å². The second-order valence-corrected chi connectivity index (χ2v) is 4.36. The van der Waals surface area contributed by atoms with Crippen molar-refractivity contribution in [3.05, 3.63) is 12.2 Å². The molecule has 1 rings (SSSR count). The number of aliphatic hydroxyl groups excluding tert-OH is 6. The van der Waals surface area contributed by atoms with Crippen LogP contribution in [0.2, 0.25) is 0 Å².